The molecule has 1 aliphatic rings. The normalized spacial score (nSPS) is 18.1. The van der Waals surface area contributed by atoms with Crippen LogP contribution in [0.25, 0.3) is 0 Å². The van der Waals surface area contributed by atoms with E-state index >= 15 is 0 Å². The summed E-state index contributed by atoms with van der Waals surface area (Å²) in [5.74, 6) is 0. The summed E-state index contributed by atoms with van der Waals surface area (Å²) in [5.41, 5.74) is 2.38. The highest BCUT2D eigenvalue weighted by molar-refractivity contribution is 5.42. The number of pyridine rings is 1. The van der Waals surface area contributed by atoms with Crippen LogP contribution in [0.15, 0.2) is 18.3 Å². The summed E-state index contributed by atoms with van der Waals surface area (Å²) in [6.07, 6.45) is 8.79. The van der Waals surface area contributed by atoms with E-state index < -0.39 is 0 Å². The molecule has 3 nitrogen and oxygen atoms in total. The maximum atomic E-state index is 4.49. The second-order valence-corrected chi connectivity index (χ2v) is 5.11. The lowest BCUT2D eigenvalue weighted by Crippen LogP contribution is -2.27. The maximum Gasteiger partial charge on any atom is 0.0564 e. The van der Waals surface area contributed by atoms with Crippen LogP contribution < -0.4 is 5.32 Å². The zero-order chi connectivity index (χ0) is 12.6. The minimum Gasteiger partial charge on any atom is -0.385 e. The summed E-state index contributed by atoms with van der Waals surface area (Å²) in [4.78, 5) is 7.04. The maximum absolute atomic E-state index is 4.49. The summed E-state index contributed by atoms with van der Waals surface area (Å²) in [5, 5.41) is 3.35. The Morgan fingerprint density at radius 2 is 1.89 bits per heavy atom. The van der Waals surface area contributed by atoms with Crippen molar-refractivity contribution in [2.45, 2.75) is 45.6 Å². The molecule has 2 rings (SSSR count). The van der Waals surface area contributed by atoms with Gasteiger partial charge in [-0.05, 0) is 45.0 Å². The van der Waals surface area contributed by atoms with Gasteiger partial charge >= 0.3 is 0 Å². The average molecular weight is 247 g/mol. The van der Waals surface area contributed by atoms with E-state index in [2.05, 4.69) is 28.2 Å². The Bertz CT molecular complexity index is 343. The standard InChI is InChI=1S/C15H25N3/c1-2-16-14-8-9-17-15(12-14)13-18-10-6-4-3-5-7-11-18/h8-9,12H,2-7,10-11,13H2,1H3,(H,16,17). The van der Waals surface area contributed by atoms with Gasteiger partial charge in [0.15, 0.2) is 0 Å². The van der Waals surface area contributed by atoms with Gasteiger partial charge < -0.3 is 5.32 Å². The van der Waals surface area contributed by atoms with E-state index in [0.717, 1.165) is 13.1 Å². The summed E-state index contributed by atoms with van der Waals surface area (Å²) < 4.78 is 0. The fraction of sp³-hybridized carbons (Fsp3) is 0.667. The predicted molar refractivity (Wildman–Crippen MR) is 76.8 cm³/mol. The van der Waals surface area contributed by atoms with E-state index in [1.165, 1.54) is 56.6 Å². The first-order valence-electron chi connectivity index (χ1n) is 7.29. The van der Waals surface area contributed by atoms with Crippen LogP contribution in [0.5, 0.6) is 0 Å². The molecule has 1 aliphatic heterocycles. The van der Waals surface area contributed by atoms with Gasteiger partial charge in [-0.1, -0.05) is 19.3 Å². The Hall–Kier alpha value is -1.09. The van der Waals surface area contributed by atoms with Crippen molar-refractivity contribution in [2.24, 2.45) is 0 Å². The molecule has 0 bridgehead atoms. The molecule has 1 saturated heterocycles. The Kier molecular flexibility index (Phi) is 5.46. The van der Waals surface area contributed by atoms with Crippen molar-refractivity contribution in [1.82, 2.24) is 9.88 Å². The Morgan fingerprint density at radius 3 is 2.61 bits per heavy atom. The Balaban J connectivity index is 1.92. The first kappa shape index (κ1) is 13.3. The lowest BCUT2D eigenvalue weighted by Gasteiger charge is -2.24. The quantitative estimate of drug-likeness (QED) is 0.885. The van der Waals surface area contributed by atoms with E-state index in [0.29, 0.717) is 0 Å². The van der Waals surface area contributed by atoms with Crippen molar-refractivity contribution >= 4 is 5.69 Å². The second kappa shape index (κ2) is 7.37. The molecule has 0 unspecified atom stereocenters. The topological polar surface area (TPSA) is 28.2 Å². The molecule has 1 aromatic rings. The number of rotatable bonds is 4. The van der Waals surface area contributed by atoms with Gasteiger partial charge in [0.05, 0.1) is 5.69 Å². The summed E-state index contributed by atoms with van der Waals surface area (Å²) >= 11 is 0. The summed E-state index contributed by atoms with van der Waals surface area (Å²) in [6, 6.07) is 4.22. The lowest BCUT2D eigenvalue weighted by atomic mass is 10.1. The molecule has 0 amide bonds. The van der Waals surface area contributed by atoms with Crippen LogP contribution in [-0.4, -0.2) is 29.5 Å². The first-order chi connectivity index (χ1) is 8.88. The molecule has 1 fully saturated rings. The van der Waals surface area contributed by atoms with Crippen LogP contribution in [-0.2, 0) is 6.54 Å². The average Bonchev–Trinajstić information content (AvgIpc) is 2.33. The molecule has 0 saturated carbocycles. The van der Waals surface area contributed by atoms with Crippen molar-refractivity contribution in [3.8, 4) is 0 Å². The largest absolute Gasteiger partial charge is 0.385 e. The van der Waals surface area contributed by atoms with Crippen molar-refractivity contribution in [1.29, 1.82) is 0 Å². The minimum absolute atomic E-state index is 0.965. The van der Waals surface area contributed by atoms with Gasteiger partial charge in [-0.3, -0.25) is 9.88 Å². The molecule has 1 N–H and O–H groups in total. The first-order valence-corrected chi connectivity index (χ1v) is 7.29. The van der Waals surface area contributed by atoms with Crippen molar-refractivity contribution in [3.63, 3.8) is 0 Å². The van der Waals surface area contributed by atoms with E-state index in [-0.39, 0.29) is 0 Å². The van der Waals surface area contributed by atoms with Crippen LogP contribution in [0.2, 0.25) is 0 Å². The van der Waals surface area contributed by atoms with Crippen LogP contribution in [0.3, 0.4) is 0 Å². The summed E-state index contributed by atoms with van der Waals surface area (Å²) in [7, 11) is 0. The van der Waals surface area contributed by atoms with Crippen molar-refractivity contribution in [2.75, 3.05) is 25.0 Å². The fourth-order valence-corrected chi connectivity index (χ4v) is 2.58. The Morgan fingerprint density at radius 1 is 1.17 bits per heavy atom. The third-order valence-corrected chi connectivity index (χ3v) is 3.53. The van der Waals surface area contributed by atoms with Gasteiger partial charge in [0.25, 0.3) is 0 Å². The molecule has 100 valence electrons. The number of hydrogen-bond acceptors (Lipinski definition) is 3. The highest BCUT2D eigenvalue weighted by atomic mass is 15.1. The van der Waals surface area contributed by atoms with Crippen molar-refractivity contribution < 1.29 is 0 Å². The van der Waals surface area contributed by atoms with Gasteiger partial charge in [0, 0.05) is 25.0 Å². The molecular weight excluding hydrogens is 222 g/mol. The second-order valence-electron chi connectivity index (χ2n) is 5.11. The van der Waals surface area contributed by atoms with E-state index in [1.807, 2.05) is 12.3 Å². The van der Waals surface area contributed by atoms with Crippen LogP contribution >= 0.6 is 0 Å². The number of hydrogen-bond donors (Lipinski definition) is 1. The van der Waals surface area contributed by atoms with Gasteiger partial charge in [0.1, 0.15) is 0 Å². The van der Waals surface area contributed by atoms with Crippen LogP contribution in [0.1, 0.15) is 44.7 Å². The SMILES string of the molecule is CCNc1ccnc(CN2CCCCCCC2)c1. The molecule has 0 atom stereocenters. The highest BCUT2D eigenvalue weighted by Gasteiger charge is 2.09. The molecule has 0 spiro atoms. The number of anilines is 1. The highest BCUT2D eigenvalue weighted by Crippen LogP contribution is 2.14. The number of aromatic nitrogens is 1. The number of likely N-dealkylation sites (tertiary alicyclic amines) is 1. The predicted octanol–water partition coefficient (Wildman–Crippen LogP) is 3.28. The molecule has 0 aromatic carbocycles. The van der Waals surface area contributed by atoms with Gasteiger partial charge in [-0.2, -0.15) is 0 Å². The molecule has 3 heteroatoms. The van der Waals surface area contributed by atoms with E-state index in [1.54, 1.807) is 0 Å². The molecule has 18 heavy (non-hydrogen) atoms. The van der Waals surface area contributed by atoms with E-state index in [4.69, 9.17) is 0 Å². The Labute approximate surface area is 111 Å². The molecule has 0 aliphatic carbocycles. The van der Waals surface area contributed by atoms with Gasteiger partial charge in [-0.15, -0.1) is 0 Å². The van der Waals surface area contributed by atoms with Gasteiger partial charge in [-0.25, -0.2) is 0 Å². The zero-order valence-corrected chi connectivity index (χ0v) is 11.5. The fourth-order valence-electron chi connectivity index (χ4n) is 2.58. The third kappa shape index (κ3) is 4.30. The van der Waals surface area contributed by atoms with E-state index in [9.17, 15) is 0 Å². The molecular formula is C15H25N3. The zero-order valence-electron chi connectivity index (χ0n) is 11.5. The monoisotopic (exact) mass is 247 g/mol. The molecule has 2 heterocycles. The van der Waals surface area contributed by atoms with Crippen LogP contribution in [0, 0.1) is 0 Å². The smallest absolute Gasteiger partial charge is 0.0564 e. The molecule has 1 aromatic heterocycles. The van der Waals surface area contributed by atoms with Crippen LogP contribution in [0.4, 0.5) is 5.69 Å². The third-order valence-electron chi connectivity index (χ3n) is 3.53. The van der Waals surface area contributed by atoms with Crippen molar-refractivity contribution in [3.05, 3.63) is 24.0 Å². The lowest BCUT2D eigenvalue weighted by molar-refractivity contribution is 0.237. The number of nitrogens with one attached hydrogen (secondary N) is 1. The minimum atomic E-state index is 0.965. The molecule has 0 radical (unpaired) electrons. The number of nitrogens with zero attached hydrogens (tertiary/aromatic N) is 2. The summed E-state index contributed by atoms with van der Waals surface area (Å²) in [6.45, 7) is 6.55. The van der Waals surface area contributed by atoms with Gasteiger partial charge in [0.2, 0.25) is 0 Å².